The number of imidazole rings is 1. The summed E-state index contributed by atoms with van der Waals surface area (Å²) in [5.74, 6) is 0.989. The van der Waals surface area contributed by atoms with Crippen molar-refractivity contribution in [3.8, 4) is 0 Å². The van der Waals surface area contributed by atoms with Crippen molar-refractivity contribution in [2.45, 2.75) is 56.0 Å². The smallest absolute Gasteiger partial charge is 0.241 e. The summed E-state index contributed by atoms with van der Waals surface area (Å²) in [5, 5.41) is 0. The molecule has 2 aliphatic rings. The molecule has 0 aliphatic heterocycles. The van der Waals surface area contributed by atoms with Gasteiger partial charge < -0.3 is 9.47 Å². The Morgan fingerprint density at radius 2 is 1.85 bits per heavy atom. The maximum absolute atomic E-state index is 14.0. The first-order chi connectivity index (χ1) is 19.3. The zero-order valence-corrected chi connectivity index (χ0v) is 23.6. The molecule has 4 aromatic rings. The van der Waals surface area contributed by atoms with E-state index in [0.29, 0.717) is 13.0 Å². The highest BCUT2D eigenvalue weighted by Gasteiger charge is 2.46. The van der Waals surface area contributed by atoms with Crippen LogP contribution in [0, 0.1) is 12.8 Å². The van der Waals surface area contributed by atoms with Crippen LogP contribution in [0.4, 0.5) is 5.69 Å². The average molecular weight is 555 g/mol. The molecule has 3 aromatic carbocycles. The van der Waals surface area contributed by atoms with Crippen molar-refractivity contribution in [2.75, 3.05) is 4.90 Å². The number of anilines is 1. The molecule has 8 heteroatoms. The van der Waals surface area contributed by atoms with E-state index in [1.807, 2.05) is 72.1 Å². The van der Waals surface area contributed by atoms with Gasteiger partial charge in [-0.15, -0.1) is 0 Å². The standard InChI is InChI=1S/C32H34N4O3S/c1-22-11-15-26(16-12-22)40(38,39)34-30-10-6-9-24-13-14-25(19-28(24)30)36(21-31-33-17-18-35(31)2)32(37)29-20-27(29)23-7-4-3-5-8-23/h3-5,7-8,11-19,27,29-30,34H,6,9-10,20-21H2,1-2H3/t27-,29+,30+/m0/s1. The minimum absolute atomic E-state index is 0.0735. The number of carbonyl (C=O) groups excluding carboxylic acids is 1. The number of benzene rings is 3. The third-order valence-electron chi connectivity index (χ3n) is 8.21. The van der Waals surface area contributed by atoms with E-state index in [0.717, 1.165) is 47.5 Å². The van der Waals surface area contributed by atoms with Crippen LogP contribution in [0.5, 0.6) is 0 Å². The van der Waals surface area contributed by atoms with Crippen LogP contribution in [0.1, 0.15) is 59.3 Å². The van der Waals surface area contributed by atoms with E-state index in [1.165, 1.54) is 5.56 Å². The fourth-order valence-electron chi connectivity index (χ4n) is 5.77. The number of rotatable bonds is 8. The van der Waals surface area contributed by atoms with Crippen LogP contribution in [-0.2, 0) is 34.8 Å². The van der Waals surface area contributed by atoms with Crippen molar-refractivity contribution in [3.05, 3.63) is 113 Å². The Morgan fingerprint density at radius 3 is 2.58 bits per heavy atom. The zero-order chi connectivity index (χ0) is 27.9. The normalized spacial score (nSPS) is 20.1. The molecular weight excluding hydrogens is 520 g/mol. The molecule has 3 atom stereocenters. The molecule has 1 amide bonds. The van der Waals surface area contributed by atoms with Gasteiger partial charge >= 0.3 is 0 Å². The van der Waals surface area contributed by atoms with Crippen LogP contribution in [0.3, 0.4) is 0 Å². The Labute approximate surface area is 235 Å². The molecule has 1 saturated carbocycles. The highest BCUT2D eigenvalue weighted by Crippen LogP contribution is 2.49. The maximum Gasteiger partial charge on any atom is 0.241 e. The van der Waals surface area contributed by atoms with E-state index in [9.17, 15) is 13.2 Å². The van der Waals surface area contributed by atoms with E-state index in [2.05, 4.69) is 27.9 Å². The summed E-state index contributed by atoms with van der Waals surface area (Å²) in [6.07, 6.45) is 6.92. The Hall–Kier alpha value is -3.75. The van der Waals surface area contributed by atoms with E-state index < -0.39 is 10.0 Å². The number of amides is 1. The van der Waals surface area contributed by atoms with Crippen molar-refractivity contribution in [1.29, 1.82) is 0 Å². The molecule has 0 spiro atoms. The lowest BCUT2D eigenvalue weighted by Gasteiger charge is -2.29. The van der Waals surface area contributed by atoms with Crippen molar-refractivity contribution in [1.82, 2.24) is 14.3 Å². The fourth-order valence-corrected chi connectivity index (χ4v) is 7.02. The molecule has 0 radical (unpaired) electrons. The quantitative estimate of drug-likeness (QED) is 0.315. The van der Waals surface area contributed by atoms with Crippen LogP contribution in [-0.4, -0.2) is 23.9 Å². The molecule has 7 nitrogen and oxygen atoms in total. The van der Waals surface area contributed by atoms with Gasteiger partial charge in [-0.2, -0.15) is 0 Å². The number of aromatic nitrogens is 2. The summed E-state index contributed by atoms with van der Waals surface area (Å²) in [7, 11) is -1.77. The minimum atomic E-state index is -3.70. The third kappa shape index (κ3) is 5.33. The van der Waals surface area contributed by atoms with Gasteiger partial charge in [-0.1, -0.05) is 54.1 Å². The van der Waals surface area contributed by atoms with E-state index in [-0.39, 0.29) is 28.7 Å². The highest BCUT2D eigenvalue weighted by molar-refractivity contribution is 7.89. The SMILES string of the molecule is Cc1ccc(S(=O)(=O)N[C@@H]2CCCc3ccc(N(Cc4nccn4C)C(=O)[C@@H]4C[C@H]4c4ccccc4)cc32)cc1. The molecule has 0 saturated heterocycles. The predicted molar refractivity (Wildman–Crippen MR) is 155 cm³/mol. The van der Waals surface area contributed by atoms with Crippen LogP contribution in [0.25, 0.3) is 0 Å². The summed E-state index contributed by atoms with van der Waals surface area (Å²) in [4.78, 5) is 20.6. The van der Waals surface area contributed by atoms with Crippen molar-refractivity contribution >= 4 is 21.6 Å². The predicted octanol–water partition coefficient (Wildman–Crippen LogP) is 5.42. The van der Waals surface area contributed by atoms with Crippen molar-refractivity contribution < 1.29 is 13.2 Å². The second-order valence-corrected chi connectivity index (χ2v) is 12.7. The topological polar surface area (TPSA) is 84.3 Å². The molecule has 2 aliphatic carbocycles. The number of nitrogens with zero attached hydrogens (tertiary/aromatic N) is 3. The van der Waals surface area contributed by atoms with Crippen LogP contribution >= 0.6 is 0 Å². The molecule has 1 N–H and O–H groups in total. The summed E-state index contributed by atoms with van der Waals surface area (Å²) < 4.78 is 31.4. The zero-order valence-electron chi connectivity index (χ0n) is 22.8. The van der Waals surface area contributed by atoms with E-state index in [4.69, 9.17) is 0 Å². The number of aryl methyl sites for hydroxylation is 3. The molecule has 1 fully saturated rings. The lowest BCUT2D eigenvalue weighted by Crippen LogP contribution is -2.34. The second kappa shape index (κ2) is 10.7. The number of hydrogen-bond acceptors (Lipinski definition) is 4. The van der Waals surface area contributed by atoms with Crippen LogP contribution in [0.2, 0.25) is 0 Å². The molecule has 206 valence electrons. The monoisotopic (exact) mass is 554 g/mol. The molecule has 0 bridgehead atoms. The first-order valence-electron chi connectivity index (χ1n) is 13.8. The van der Waals surface area contributed by atoms with Gasteiger partial charge in [0.15, 0.2) is 0 Å². The molecule has 1 aromatic heterocycles. The number of fused-ring (bicyclic) bond motifs is 1. The highest BCUT2D eigenvalue weighted by atomic mass is 32.2. The van der Waals surface area contributed by atoms with Gasteiger partial charge in [0, 0.05) is 37.1 Å². The number of sulfonamides is 1. The summed E-state index contributed by atoms with van der Waals surface area (Å²) >= 11 is 0. The Bertz CT molecular complexity index is 1630. The number of nitrogens with one attached hydrogen (secondary N) is 1. The molecule has 40 heavy (non-hydrogen) atoms. The van der Waals surface area contributed by atoms with E-state index >= 15 is 0 Å². The van der Waals surface area contributed by atoms with Gasteiger partial charge in [-0.05, 0) is 79.5 Å². The lowest BCUT2D eigenvalue weighted by atomic mass is 9.87. The van der Waals surface area contributed by atoms with Gasteiger partial charge in [0.05, 0.1) is 11.4 Å². The first-order valence-corrected chi connectivity index (χ1v) is 15.3. The van der Waals surface area contributed by atoms with Gasteiger partial charge in [0.2, 0.25) is 15.9 Å². The van der Waals surface area contributed by atoms with Crippen molar-refractivity contribution in [3.63, 3.8) is 0 Å². The fraction of sp³-hybridized carbons (Fsp3) is 0.312. The Kier molecular flexibility index (Phi) is 7.06. The Morgan fingerprint density at radius 1 is 1.07 bits per heavy atom. The summed E-state index contributed by atoms with van der Waals surface area (Å²) in [6.45, 7) is 2.28. The Balaban J connectivity index is 1.31. The van der Waals surface area contributed by atoms with E-state index in [1.54, 1.807) is 18.3 Å². The minimum Gasteiger partial charge on any atom is -0.337 e. The number of carbonyl (C=O) groups is 1. The van der Waals surface area contributed by atoms with Crippen molar-refractivity contribution in [2.24, 2.45) is 13.0 Å². The maximum atomic E-state index is 14.0. The summed E-state index contributed by atoms with van der Waals surface area (Å²) in [5.41, 5.74) is 5.02. The molecule has 0 unspecified atom stereocenters. The van der Waals surface area contributed by atoms with Crippen LogP contribution < -0.4 is 9.62 Å². The molecule has 1 heterocycles. The van der Waals surface area contributed by atoms with Gasteiger partial charge in [0.25, 0.3) is 0 Å². The number of hydrogen-bond donors (Lipinski definition) is 1. The first kappa shape index (κ1) is 26.5. The molecular formula is C32H34N4O3S. The second-order valence-electron chi connectivity index (χ2n) is 11.0. The van der Waals surface area contributed by atoms with Gasteiger partial charge in [0.1, 0.15) is 5.82 Å². The lowest BCUT2D eigenvalue weighted by molar-refractivity contribution is -0.120. The largest absolute Gasteiger partial charge is 0.337 e. The average Bonchev–Trinajstić information content (AvgIpc) is 3.66. The third-order valence-corrected chi connectivity index (χ3v) is 9.69. The summed E-state index contributed by atoms with van der Waals surface area (Å²) in [6, 6.07) is 22.8. The molecule has 6 rings (SSSR count). The van der Waals surface area contributed by atoms with Crippen LogP contribution in [0.15, 0.2) is 90.1 Å². The van der Waals surface area contributed by atoms with Gasteiger partial charge in [-0.25, -0.2) is 18.1 Å². The van der Waals surface area contributed by atoms with Gasteiger partial charge in [-0.3, -0.25) is 4.79 Å².